The third-order valence-electron chi connectivity index (χ3n) is 3.54. The van der Waals surface area contributed by atoms with Crippen LogP contribution in [0.3, 0.4) is 0 Å². The molecule has 0 aromatic rings. The van der Waals surface area contributed by atoms with Gasteiger partial charge in [0.25, 0.3) is 0 Å². The van der Waals surface area contributed by atoms with Gasteiger partial charge in [0, 0.05) is 6.42 Å². The number of esters is 1. The molecule has 1 saturated carbocycles. The molecule has 1 aliphatic rings. The molecule has 7 heteroatoms. The van der Waals surface area contributed by atoms with Crippen molar-refractivity contribution in [3.8, 4) is 6.07 Å². The maximum atomic E-state index is 12.0. The van der Waals surface area contributed by atoms with Gasteiger partial charge in [0.15, 0.2) is 0 Å². The molecular weight excluding hydrogens is 280 g/mol. The highest BCUT2D eigenvalue weighted by molar-refractivity contribution is 7.89. The van der Waals surface area contributed by atoms with Crippen molar-refractivity contribution < 1.29 is 17.9 Å². The molecule has 1 fully saturated rings. The SMILES string of the molecule is COC(=O)CCCS(=O)(=O)NC1(C#N)CCCCCC1. The summed E-state index contributed by atoms with van der Waals surface area (Å²) < 4.78 is 31.1. The Morgan fingerprint density at radius 1 is 1.30 bits per heavy atom. The van der Waals surface area contributed by atoms with E-state index in [2.05, 4.69) is 15.5 Å². The Labute approximate surface area is 120 Å². The van der Waals surface area contributed by atoms with E-state index in [1.807, 2.05) is 0 Å². The third-order valence-corrected chi connectivity index (χ3v) is 5.07. The zero-order valence-corrected chi connectivity index (χ0v) is 12.7. The second-order valence-electron chi connectivity index (χ2n) is 5.21. The summed E-state index contributed by atoms with van der Waals surface area (Å²) in [5.74, 6) is -0.587. The number of hydrogen-bond acceptors (Lipinski definition) is 5. The Morgan fingerprint density at radius 2 is 1.90 bits per heavy atom. The summed E-state index contributed by atoms with van der Waals surface area (Å²) in [5.41, 5.74) is -0.972. The zero-order chi connectivity index (χ0) is 15.1. The first-order valence-electron chi connectivity index (χ1n) is 6.93. The number of ether oxygens (including phenoxy) is 1. The van der Waals surface area contributed by atoms with Gasteiger partial charge in [0.1, 0.15) is 5.54 Å². The second-order valence-corrected chi connectivity index (χ2v) is 7.05. The van der Waals surface area contributed by atoms with Crippen LogP contribution in [0.1, 0.15) is 51.4 Å². The molecule has 0 aromatic carbocycles. The predicted octanol–water partition coefficient (Wildman–Crippen LogP) is 1.48. The fraction of sp³-hybridized carbons (Fsp3) is 0.846. The number of carbonyl (C=O) groups is 1. The topological polar surface area (TPSA) is 96.3 Å². The summed E-state index contributed by atoms with van der Waals surface area (Å²) in [6.45, 7) is 0. The molecule has 0 spiro atoms. The first-order chi connectivity index (χ1) is 9.43. The Kier molecular flexibility index (Phi) is 6.43. The summed E-state index contributed by atoms with van der Waals surface area (Å²) in [7, 11) is -2.28. The summed E-state index contributed by atoms with van der Waals surface area (Å²) in [4.78, 5) is 11.0. The molecule has 0 saturated heterocycles. The van der Waals surface area contributed by atoms with E-state index in [9.17, 15) is 18.5 Å². The van der Waals surface area contributed by atoms with Crippen LogP contribution in [-0.4, -0.2) is 32.8 Å². The van der Waals surface area contributed by atoms with Crippen molar-refractivity contribution in [2.45, 2.75) is 56.9 Å². The van der Waals surface area contributed by atoms with E-state index in [0.29, 0.717) is 12.8 Å². The molecule has 0 heterocycles. The summed E-state index contributed by atoms with van der Waals surface area (Å²) >= 11 is 0. The molecule has 6 nitrogen and oxygen atoms in total. The number of nitrogens with zero attached hydrogens (tertiary/aromatic N) is 1. The monoisotopic (exact) mass is 302 g/mol. The molecular formula is C13H22N2O4S. The molecule has 0 aromatic heterocycles. The summed E-state index contributed by atoms with van der Waals surface area (Å²) in [6.07, 6.45) is 5.16. The fourth-order valence-corrected chi connectivity index (χ4v) is 3.90. The van der Waals surface area contributed by atoms with Gasteiger partial charge in [0.2, 0.25) is 10.0 Å². The normalized spacial score (nSPS) is 18.8. The first kappa shape index (κ1) is 16.9. The van der Waals surface area contributed by atoms with E-state index in [1.54, 1.807) is 0 Å². The van der Waals surface area contributed by atoms with Crippen LogP contribution in [-0.2, 0) is 19.6 Å². The number of rotatable bonds is 6. The van der Waals surface area contributed by atoms with Crippen molar-refractivity contribution in [1.82, 2.24) is 4.72 Å². The van der Waals surface area contributed by atoms with Crippen LogP contribution in [0, 0.1) is 11.3 Å². The number of carbonyl (C=O) groups excluding carboxylic acids is 1. The van der Waals surface area contributed by atoms with E-state index in [-0.39, 0.29) is 18.6 Å². The molecule has 0 aliphatic heterocycles. The minimum atomic E-state index is -3.55. The van der Waals surface area contributed by atoms with Gasteiger partial charge in [-0.1, -0.05) is 25.7 Å². The van der Waals surface area contributed by atoms with Crippen LogP contribution in [0.25, 0.3) is 0 Å². The number of hydrogen-bond donors (Lipinski definition) is 1. The minimum Gasteiger partial charge on any atom is -0.469 e. The number of nitrogens with one attached hydrogen (secondary N) is 1. The minimum absolute atomic E-state index is 0.0664. The quantitative estimate of drug-likeness (QED) is 0.592. The highest BCUT2D eigenvalue weighted by atomic mass is 32.2. The van der Waals surface area contributed by atoms with Crippen molar-refractivity contribution in [3.05, 3.63) is 0 Å². The lowest BCUT2D eigenvalue weighted by Crippen LogP contribution is -2.47. The Hall–Kier alpha value is -1.13. The molecule has 1 aliphatic carbocycles. The second kappa shape index (κ2) is 7.60. The Morgan fingerprint density at radius 3 is 2.40 bits per heavy atom. The van der Waals surface area contributed by atoms with E-state index in [1.165, 1.54) is 7.11 Å². The van der Waals surface area contributed by atoms with Crippen molar-refractivity contribution in [2.75, 3.05) is 12.9 Å². The summed E-state index contributed by atoms with van der Waals surface area (Å²) in [5, 5.41) is 9.33. The molecule has 1 rings (SSSR count). The van der Waals surface area contributed by atoms with E-state index in [4.69, 9.17) is 0 Å². The molecule has 1 N–H and O–H groups in total. The van der Waals surface area contributed by atoms with Crippen molar-refractivity contribution in [1.29, 1.82) is 5.26 Å². The smallest absolute Gasteiger partial charge is 0.305 e. The van der Waals surface area contributed by atoms with Crippen LogP contribution < -0.4 is 4.72 Å². The van der Waals surface area contributed by atoms with Gasteiger partial charge in [-0.3, -0.25) is 4.79 Å². The summed E-state index contributed by atoms with van der Waals surface area (Å²) in [6, 6.07) is 2.14. The van der Waals surface area contributed by atoms with Gasteiger partial charge < -0.3 is 4.74 Å². The maximum Gasteiger partial charge on any atom is 0.305 e. The highest BCUT2D eigenvalue weighted by Crippen LogP contribution is 2.27. The van der Waals surface area contributed by atoms with Crippen LogP contribution in [0.2, 0.25) is 0 Å². The lowest BCUT2D eigenvalue weighted by Gasteiger charge is -2.25. The van der Waals surface area contributed by atoms with Gasteiger partial charge in [-0.05, 0) is 19.3 Å². The predicted molar refractivity (Wildman–Crippen MR) is 74.2 cm³/mol. The molecule has 0 amide bonds. The van der Waals surface area contributed by atoms with Gasteiger partial charge in [0.05, 0.1) is 18.9 Å². The maximum absolute atomic E-state index is 12.0. The molecule has 0 bridgehead atoms. The van der Waals surface area contributed by atoms with Crippen LogP contribution in [0.4, 0.5) is 0 Å². The largest absolute Gasteiger partial charge is 0.469 e. The van der Waals surface area contributed by atoms with Gasteiger partial charge in [-0.2, -0.15) is 9.98 Å². The number of nitriles is 1. The first-order valence-corrected chi connectivity index (χ1v) is 8.58. The van der Waals surface area contributed by atoms with Gasteiger partial charge >= 0.3 is 5.97 Å². The third kappa shape index (κ3) is 5.47. The van der Waals surface area contributed by atoms with Gasteiger partial charge in [-0.25, -0.2) is 8.42 Å². The van der Waals surface area contributed by atoms with E-state index < -0.39 is 21.5 Å². The Bertz CT molecular complexity index is 459. The number of sulfonamides is 1. The zero-order valence-electron chi connectivity index (χ0n) is 11.9. The average Bonchev–Trinajstić information content (AvgIpc) is 2.64. The lowest BCUT2D eigenvalue weighted by molar-refractivity contribution is -0.140. The highest BCUT2D eigenvalue weighted by Gasteiger charge is 2.34. The molecule has 0 unspecified atom stereocenters. The van der Waals surface area contributed by atoms with Gasteiger partial charge in [-0.15, -0.1) is 0 Å². The molecule has 0 radical (unpaired) electrons. The van der Waals surface area contributed by atoms with Crippen molar-refractivity contribution >= 4 is 16.0 Å². The molecule has 0 atom stereocenters. The molecule has 20 heavy (non-hydrogen) atoms. The van der Waals surface area contributed by atoms with Crippen LogP contribution in [0.15, 0.2) is 0 Å². The fourth-order valence-electron chi connectivity index (χ4n) is 2.43. The molecule has 114 valence electrons. The van der Waals surface area contributed by atoms with Crippen LogP contribution >= 0.6 is 0 Å². The van der Waals surface area contributed by atoms with E-state index in [0.717, 1.165) is 25.7 Å². The average molecular weight is 302 g/mol. The van der Waals surface area contributed by atoms with Crippen molar-refractivity contribution in [2.24, 2.45) is 0 Å². The van der Waals surface area contributed by atoms with Crippen molar-refractivity contribution in [3.63, 3.8) is 0 Å². The lowest BCUT2D eigenvalue weighted by atomic mass is 9.94. The number of methoxy groups -OCH3 is 1. The van der Waals surface area contributed by atoms with E-state index >= 15 is 0 Å². The standard InChI is InChI=1S/C13H22N2O4S/c1-19-12(16)7-6-10-20(17,18)15-13(11-14)8-4-2-3-5-9-13/h15H,2-10H2,1H3. The Balaban J connectivity index is 2.58. The van der Waals surface area contributed by atoms with Crippen LogP contribution in [0.5, 0.6) is 0 Å².